The summed E-state index contributed by atoms with van der Waals surface area (Å²) in [5.74, 6) is 0.0607. The van der Waals surface area contributed by atoms with E-state index in [1.807, 2.05) is 12.1 Å². The van der Waals surface area contributed by atoms with Crippen molar-refractivity contribution in [2.45, 2.75) is 11.8 Å². The zero-order valence-electron chi connectivity index (χ0n) is 6.66. The van der Waals surface area contributed by atoms with Gasteiger partial charge < -0.3 is 0 Å². The number of carbonyl (C=O) groups is 1. The predicted octanol–water partition coefficient (Wildman–Crippen LogP) is 1.80. The number of hydrogen-bond donors (Lipinski definition) is 1. The minimum Gasteiger partial charge on any atom is -0.294 e. The zero-order chi connectivity index (χ0) is 7.56. The maximum absolute atomic E-state index is 10.8. The van der Waals surface area contributed by atoms with Crippen LogP contribution in [-0.4, -0.2) is 35.3 Å². The molecule has 0 aliphatic carbocycles. The smallest absolute Gasteiger partial charge is 0.160 e. The van der Waals surface area contributed by atoms with Crippen LogP contribution in [0.2, 0.25) is 0 Å². The Morgan fingerprint density at radius 1 is 1.36 bits per heavy atom. The molecule has 0 unspecified atom stereocenters. The van der Waals surface area contributed by atoms with Gasteiger partial charge in [-0.05, 0) is 13.0 Å². The van der Waals surface area contributed by atoms with Gasteiger partial charge in [0.05, 0.1) is 0 Å². The summed E-state index contributed by atoms with van der Waals surface area (Å²) < 4.78 is 0. The van der Waals surface area contributed by atoms with Gasteiger partial charge in [0.2, 0.25) is 0 Å². The molecule has 0 fully saturated rings. The maximum atomic E-state index is 10.8. The van der Waals surface area contributed by atoms with Crippen LogP contribution >= 0.6 is 12.6 Å². The first-order chi connectivity index (χ1) is 4.72. The van der Waals surface area contributed by atoms with E-state index in [1.165, 1.54) is 6.92 Å². The largest absolute Gasteiger partial charge is 0.294 e. The van der Waals surface area contributed by atoms with Crippen molar-refractivity contribution >= 4 is 48.0 Å². The van der Waals surface area contributed by atoms with Gasteiger partial charge in [-0.2, -0.15) is 0 Å². The SMILES string of the molecule is CC(=O)c1ccccc1S.[Na]. The van der Waals surface area contributed by atoms with E-state index >= 15 is 0 Å². The summed E-state index contributed by atoms with van der Waals surface area (Å²) >= 11 is 4.12. The fourth-order valence-corrected chi connectivity index (χ4v) is 1.09. The third kappa shape index (κ3) is 2.99. The van der Waals surface area contributed by atoms with Crippen LogP contribution in [0.25, 0.3) is 0 Å². The Hall–Kier alpha value is 0.240. The van der Waals surface area contributed by atoms with Crippen LogP contribution in [0, 0.1) is 0 Å². The number of Topliss-reactive ketones (excluding diaryl/α,β-unsaturated/α-hetero) is 1. The molecule has 11 heavy (non-hydrogen) atoms. The second kappa shape index (κ2) is 4.99. The van der Waals surface area contributed by atoms with Crippen LogP contribution in [0.3, 0.4) is 0 Å². The molecule has 0 aliphatic heterocycles. The second-order valence-corrected chi connectivity index (χ2v) is 2.56. The number of hydrogen-bond acceptors (Lipinski definition) is 2. The molecule has 0 heterocycles. The van der Waals surface area contributed by atoms with Crippen molar-refractivity contribution in [3.8, 4) is 0 Å². The summed E-state index contributed by atoms with van der Waals surface area (Å²) in [6.07, 6.45) is 0. The first-order valence-corrected chi connectivity index (χ1v) is 3.45. The topological polar surface area (TPSA) is 17.1 Å². The molecule has 1 aromatic rings. The molecule has 0 N–H and O–H groups in total. The number of rotatable bonds is 1. The van der Waals surface area contributed by atoms with Gasteiger partial charge in [0.15, 0.2) is 5.78 Å². The van der Waals surface area contributed by atoms with E-state index in [2.05, 4.69) is 12.6 Å². The van der Waals surface area contributed by atoms with Crippen LogP contribution in [0.5, 0.6) is 0 Å². The Labute approximate surface area is 93.9 Å². The minimum atomic E-state index is 0. The average Bonchev–Trinajstić information content (AvgIpc) is 1.88. The molecule has 3 heteroatoms. The van der Waals surface area contributed by atoms with Crippen molar-refractivity contribution < 1.29 is 4.79 Å². The Balaban J connectivity index is 0.000001000. The molecule has 1 rings (SSSR count). The normalized spacial score (nSPS) is 8.55. The summed E-state index contributed by atoms with van der Waals surface area (Å²) in [4.78, 5) is 11.6. The molecule has 0 saturated heterocycles. The zero-order valence-corrected chi connectivity index (χ0v) is 9.56. The van der Waals surface area contributed by atoms with Crippen molar-refractivity contribution in [3.05, 3.63) is 29.8 Å². The molecule has 0 bridgehead atoms. The summed E-state index contributed by atoms with van der Waals surface area (Å²) in [7, 11) is 0. The fraction of sp³-hybridized carbons (Fsp3) is 0.125. The molecule has 0 saturated carbocycles. The van der Waals surface area contributed by atoms with Crippen LogP contribution in [-0.2, 0) is 0 Å². The van der Waals surface area contributed by atoms with Crippen molar-refractivity contribution in [2.24, 2.45) is 0 Å². The molecule has 1 aromatic carbocycles. The number of benzene rings is 1. The molecule has 0 aromatic heterocycles. The van der Waals surface area contributed by atoms with Gasteiger partial charge in [-0.25, -0.2) is 0 Å². The molecule has 1 radical (unpaired) electrons. The number of thiol groups is 1. The minimum absolute atomic E-state index is 0. The van der Waals surface area contributed by atoms with E-state index in [9.17, 15) is 4.79 Å². The number of carbonyl (C=O) groups excluding carboxylic acids is 1. The maximum Gasteiger partial charge on any atom is 0.160 e. The average molecular weight is 175 g/mol. The van der Waals surface area contributed by atoms with Crippen molar-refractivity contribution in [1.29, 1.82) is 0 Å². The van der Waals surface area contributed by atoms with Crippen molar-refractivity contribution in [2.75, 3.05) is 0 Å². The third-order valence-electron chi connectivity index (χ3n) is 1.28. The van der Waals surface area contributed by atoms with Crippen LogP contribution in [0.4, 0.5) is 0 Å². The second-order valence-electron chi connectivity index (χ2n) is 2.07. The first-order valence-electron chi connectivity index (χ1n) is 3.01. The first kappa shape index (κ1) is 11.2. The van der Waals surface area contributed by atoms with Crippen molar-refractivity contribution in [1.82, 2.24) is 0 Å². The molecular weight excluding hydrogens is 167 g/mol. The predicted molar refractivity (Wildman–Crippen MR) is 49.5 cm³/mol. The van der Waals surface area contributed by atoms with Gasteiger partial charge in [0.25, 0.3) is 0 Å². The van der Waals surface area contributed by atoms with Crippen LogP contribution in [0.15, 0.2) is 29.2 Å². The summed E-state index contributed by atoms with van der Waals surface area (Å²) in [6, 6.07) is 7.26. The van der Waals surface area contributed by atoms with Gasteiger partial charge in [0, 0.05) is 40.0 Å². The van der Waals surface area contributed by atoms with E-state index in [4.69, 9.17) is 0 Å². The molecule has 0 aliphatic rings. The van der Waals surface area contributed by atoms with E-state index in [1.54, 1.807) is 12.1 Å². The molecule has 0 atom stereocenters. The van der Waals surface area contributed by atoms with Crippen LogP contribution < -0.4 is 0 Å². The monoisotopic (exact) mass is 175 g/mol. The molecule has 0 spiro atoms. The standard InChI is InChI=1S/C8H8OS.Na/c1-6(9)7-4-2-3-5-8(7)10;/h2-5,10H,1H3;. The van der Waals surface area contributed by atoms with Crippen LogP contribution in [0.1, 0.15) is 17.3 Å². The van der Waals surface area contributed by atoms with Gasteiger partial charge in [0.1, 0.15) is 0 Å². The van der Waals surface area contributed by atoms with Gasteiger partial charge in [-0.15, -0.1) is 12.6 Å². The Morgan fingerprint density at radius 3 is 2.27 bits per heavy atom. The third-order valence-corrected chi connectivity index (χ3v) is 1.67. The summed E-state index contributed by atoms with van der Waals surface area (Å²) in [6.45, 7) is 1.54. The number of ketones is 1. The quantitative estimate of drug-likeness (QED) is 0.391. The van der Waals surface area contributed by atoms with E-state index in [0.29, 0.717) is 5.56 Å². The molecule has 53 valence electrons. The van der Waals surface area contributed by atoms with E-state index in [0.717, 1.165) is 4.90 Å². The van der Waals surface area contributed by atoms with Gasteiger partial charge in [-0.1, -0.05) is 18.2 Å². The summed E-state index contributed by atoms with van der Waals surface area (Å²) in [5, 5.41) is 0. The van der Waals surface area contributed by atoms with Gasteiger partial charge >= 0.3 is 0 Å². The van der Waals surface area contributed by atoms with E-state index in [-0.39, 0.29) is 35.3 Å². The Bertz CT molecular complexity index is 260. The molecule has 1 nitrogen and oxygen atoms in total. The fourth-order valence-electron chi connectivity index (χ4n) is 0.771. The van der Waals surface area contributed by atoms with Gasteiger partial charge in [-0.3, -0.25) is 4.79 Å². The summed E-state index contributed by atoms with van der Waals surface area (Å²) in [5.41, 5.74) is 0.686. The Morgan fingerprint density at radius 2 is 1.91 bits per heavy atom. The van der Waals surface area contributed by atoms with E-state index < -0.39 is 0 Å². The van der Waals surface area contributed by atoms with Crippen molar-refractivity contribution in [3.63, 3.8) is 0 Å². The molecule has 0 amide bonds. The Kier molecular flexibility index (Phi) is 5.10. The molecular formula is C8H8NaOS.